The van der Waals surface area contributed by atoms with Crippen molar-refractivity contribution in [2.75, 3.05) is 32.0 Å². The minimum atomic E-state index is -1.48. The third kappa shape index (κ3) is 4.33. The molecule has 0 spiro atoms. The Morgan fingerprint density at radius 2 is 1.43 bits per heavy atom. The number of nitrogens with one attached hydrogen (secondary N) is 2. The molecule has 0 saturated carbocycles. The van der Waals surface area contributed by atoms with Gasteiger partial charge in [-0.25, -0.2) is 4.39 Å². The Morgan fingerprint density at radius 3 is 1.93 bits per heavy atom. The lowest BCUT2D eigenvalue weighted by Crippen LogP contribution is -2.41. The number of para-hydroxylation sites is 1. The molecule has 0 aliphatic carbocycles. The molecular formula is C20H23FN2O5. The average Bonchev–Trinajstić information content (AvgIpc) is 2.68. The summed E-state index contributed by atoms with van der Waals surface area (Å²) in [5, 5.41) is 5.09. The quantitative estimate of drug-likeness (QED) is 0.707. The number of ether oxygens (including phenoxy) is 3. The minimum absolute atomic E-state index is 0.00107. The molecule has 7 nitrogen and oxygen atoms in total. The van der Waals surface area contributed by atoms with E-state index in [1.807, 2.05) is 0 Å². The number of halogens is 1. The lowest BCUT2D eigenvalue weighted by atomic mass is 9.90. The van der Waals surface area contributed by atoms with Gasteiger partial charge in [-0.2, -0.15) is 0 Å². The molecule has 8 heteroatoms. The van der Waals surface area contributed by atoms with Gasteiger partial charge >= 0.3 is 0 Å². The van der Waals surface area contributed by atoms with E-state index in [9.17, 15) is 14.0 Å². The molecule has 0 heterocycles. The van der Waals surface area contributed by atoms with Gasteiger partial charge in [0.25, 0.3) is 0 Å². The second-order valence-electron chi connectivity index (χ2n) is 6.43. The number of hydrogen-bond donors (Lipinski definition) is 2. The topological polar surface area (TPSA) is 85.9 Å². The zero-order chi connectivity index (χ0) is 20.9. The van der Waals surface area contributed by atoms with Gasteiger partial charge in [-0.15, -0.1) is 0 Å². The normalized spacial score (nSPS) is 10.8. The summed E-state index contributed by atoms with van der Waals surface area (Å²) in [6, 6.07) is 8.82. The van der Waals surface area contributed by atoms with Gasteiger partial charge in [0.05, 0.1) is 27.0 Å². The SMILES string of the molecule is COc1cc(NC(=O)C(C)(C)C(=O)Nc2ccccc2F)cc(OC)c1OC. The first-order valence-electron chi connectivity index (χ1n) is 8.42. The smallest absolute Gasteiger partial charge is 0.239 e. The van der Waals surface area contributed by atoms with Gasteiger partial charge in [0.15, 0.2) is 11.5 Å². The van der Waals surface area contributed by atoms with Crippen molar-refractivity contribution in [2.24, 2.45) is 5.41 Å². The number of amides is 2. The first kappa shape index (κ1) is 21.0. The lowest BCUT2D eigenvalue weighted by Gasteiger charge is -2.23. The molecular weight excluding hydrogens is 367 g/mol. The van der Waals surface area contributed by atoms with Crippen molar-refractivity contribution in [1.82, 2.24) is 0 Å². The summed E-state index contributed by atoms with van der Waals surface area (Å²) in [4.78, 5) is 25.3. The van der Waals surface area contributed by atoms with Crippen LogP contribution in [0, 0.1) is 11.2 Å². The third-order valence-corrected chi connectivity index (χ3v) is 4.18. The molecule has 2 amide bonds. The molecule has 2 rings (SSSR count). The molecule has 0 bridgehead atoms. The first-order chi connectivity index (χ1) is 13.2. The Hall–Kier alpha value is -3.29. The Bertz CT molecular complexity index is 858. The molecule has 150 valence electrons. The van der Waals surface area contributed by atoms with Crippen LogP contribution in [0.2, 0.25) is 0 Å². The van der Waals surface area contributed by atoms with Crippen LogP contribution in [0.4, 0.5) is 15.8 Å². The Balaban J connectivity index is 2.23. The first-order valence-corrected chi connectivity index (χ1v) is 8.42. The summed E-state index contributed by atoms with van der Waals surface area (Å²) in [6.45, 7) is 2.88. The molecule has 2 aromatic rings. The predicted molar refractivity (Wildman–Crippen MR) is 104 cm³/mol. The molecule has 0 saturated heterocycles. The second kappa shape index (κ2) is 8.60. The maximum Gasteiger partial charge on any atom is 0.239 e. The molecule has 0 fully saturated rings. The largest absolute Gasteiger partial charge is 0.493 e. The van der Waals surface area contributed by atoms with Gasteiger partial charge < -0.3 is 24.8 Å². The molecule has 2 aromatic carbocycles. The summed E-state index contributed by atoms with van der Waals surface area (Å²) in [5.41, 5.74) is -1.13. The highest BCUT2D eigenvalue weighted by atomic mass is 19.1. The fraction of sp³-hybridized carbons (Fsp3) is 0.300. The van der Waals surface area contributed by atoms with Crippen LogP contribution in [0.15, 0.2) is 36.4 Å². The molecule has 28 heavy (non-hydrogen) atoms. The van der Waals surface area contributed by atoms with Crippen LogP contribution in [0.3, 0.4) is 0 Å². The third-order valence-electron chi connectivity index (χ3n) is 4.18. The highest BCUT2D eigenvalue weighted by Gasteiger charge is 2.36. The van der Waals surface area contributed by atoms with Crippen molar-refractivity contribution in [3.8, 4) is 17.2 Å². The zero-order valence-electron chi connectivity index (χ0n) is 16.4. The number of carbonyl (C=O) groups excluding carboxylic acids is 2. The lowest BCUT2D eigenvalue weighted by molar-refractivity contribution is -0.135. The summed E-state index contributed by atoms with van der Waals surface area (Å²) < 4.78 is 29.5. The van der Waals surface area contributed by atoms with Gasteiger partial charge in [-0.3, -0.25) is 9.59 Å². The van der Waals surface area contributed by atoms with Gasteiger partial charge in [0, 0.05) is 17.8 Å². The number of anilines is 2. The molecule has 2 N–H and O–H groups in total. The second-order valence-corrected chi connectivity index (χ2v) is 6.43. The Labute approximate surface area is 162 Å². The van der Waals surface area contributed by atoms with E-state index >= 15 is 0 Å². The maximum atomic E-state index is 13.8. The van der Waals surface area contributed by atoms with E-state index < -0.39 is 23.0 Å². The van der Waals surface area contributed by atoms with Crippen LogP contribution in [-0.2, 0) is 9.59 Å². The van der Waals surface area contributed by atoms with Gasteiger partial charge in [0.1, 0.15) is 11.2 Å². The number of benzene rings is 2. The maximum absolute atomic E-state index is 13.8. The minimum Gasteiger partial charge on any atom is -0.493 e. The van der Waals surface area contributed by atoms with E-state index in [2.05, 4.69) is 10.6 Å². The molecule has 0 radical (unpaired) electrons. The van der Waals surface area contributed by atoms with E-state index in [0.717, 1.165) is 0 Å². The number of rotatable bonds is 7. The van der Waals surface area contributed by atoms with E-state index in [4.69, 9.17) is 14.2 Å². The van der Waals surface area contributed by atoms with Gasteiger partial charge in [0.2, 0.25) is 17.6 Å². The predicted octanol–water partition coefficient (Wildman–Crippen LogP) is 3.45. The van der Waals surface area contributed by atoms with Crippen LogP contribution in [0.1, 0.15) is 13.8 Å². The van der Waals surface area contributed by atoms with Crippen molar-refractivity contribution >= 4 is 23.2 Å². The summed E-state index contributed by atoms with van der Waals surface area (Å²) >= 11 is 0. The van der Waals surface area contributed by atoms with Gasteiger partial charge in [-0.1, -0.05) is 12.1 Å². The number of methoxy groups -OCH3 is 3. The van der Waals surface area contributed by atoms with Crippen LogP contribution < -0.4 is 24.8 Å². The van der Waals surface area contributed by atoms with E-state index in [1.165, 1.54) is 53.4 Å². The summed E-state index contributed by atoms with van der Waals surface area (Å²) in [7, 11) is 4.37. The summed E-state index contributed by atoms with van der Waals surface area (Å²) in [5.74, 6) is -0.745. The monoisotopic (exact) mass is 390 g/mol. The highest BCUT2D eigenvalue weighted by molar-refractivity contribution is 6.14. The molecule has 0 unspecified atom stereocenters. The van der Waals surface area contributed by atoms with Crippen LogP contribution in [-0.4, -0.2) is 33.1 Å². The number of carbonyl (C=O) groups is 2. The standard InChI is InChI=1S/C20H23FN2O5/c1-20(2,19(25)23-14-9-7-6-8-13(14)21)18(24)22-12-10-15(26-3)17(28-5)16(11-12)27-4/h6-11H,1-5H3,(H,22,24)(H,23,25). The number of hydrogen-bond acceptors (Lipinski definition) is 5. The van der Waals surface area contributed by atoms with Crippen molar-refractivity contribution in [2.45, 2.75) is 13.8 Å². The van der Waals surface area contributed by atoms with Crippen LogP contribution in [0.25, 0.3) is 0 Å². The van der Waals surface area contributed by atoms with E-state index in [0.29, 0.717) is 22.9 Å². The molecule has 0 aromatic heterocycles. The average molecular weight is 390 g/mol. The van der Waals surface area contributed by atoms with Crippen molar-refractivity contribution in [3.63, 3.8) is 0 Å². The zero-order valence-corrected chi connectivity index (χ0v) is 16.4. The van der Waals surface area contributed by atoms with Crippen LogP contribution in [0.5, 0.6) is 17.2 Å². The fourth-order valence-corrected chi connectivity index (χ4v) is 2.38. The fourth-order valence-electron chi connectivity index (χ4n) is 2.38. The van der Waals surface area contributed by atoms with E-state index in [1.54, 1.807) is 18.2 Å². The van der Waals surface area contributed by atoms with Gasteiger partial charge in [-0.05, 0) is 26.0 Å². The summed E-state index contributed by atoms with van der Waals surface area (Å²) in [6.07, 6.45) is 0. The highest BCUT2D eigenvalue weighted by Crippen LogP contribution is 2.40. The Morgan fingerprint density at radius 1 is 0.893 bits per heavy atom. The van der Waals surface area contributed by atoms with Crippen molar-refractivity contribution < 1.29 is 28.2 Å². The Kier molecular flexibility index (Phi) is 6.45. The molecule has 0 aliphatic heterocycles. The molecule has 0 aliphatic rings. The molecule has 0 atom stereocenters. The van der Waals surface area contributed by atoms with Crippen LogP contribution >= 0.6 is 0 Å². The van der Waals surface area contributed by atoms with Crippen molar-refractivity contribution in [3.05, 3.63) is 42.2 Å². The van der Waals surface area contributed by atoms with Crippen molar-refractivity contribution in [1.29, 1.82) is 0 Å². The van der Waals surface area contributed by atoms with E-state index in [-0.39, 0.29) is 5.69 Å².